The fourth-order valence-electron chi connectivity index (χ4n) is 4.11. The number of benzene rings is 2. The molecule has 0 unspecified atom stereocenters. The van der Waals surface area contributed by atoms with Crippen molar-refractivity contribution in [1.82, 2.24) is 9.88 Å². The van der Waals surface area contributed by atoms with Crippen LogP contribution in [0.5, 0.6) is 5.75 Å². The van der Waals surface area contributed by atoms with Gasteiger partial charge in [-0.2, -0.15) is 0 Å². The Morgan fingerprint density at radius 1 is 1.20 bits per heavy atom. The average molecular weight is 405 g/mol. The maximum atomic E-state index is 12.9. The maximum Gasteiger partial charge on any atom is 0.254 e. The van der Waals surface area contributed by atoms with E-state index in [2.05, 4.69) is 17.2 Å². The van der Waals surface area contributed by atoms with E-state index in [1.165, 1.54) is 22.6 Å². The van der Waals surface area contributed by atoms with E-state index in [0.717, 1.165) is 29.5 Å². The lowest BCUT2D eigenvalue weighted by Crippen LogP contribution is -2.34. The molecule has 0 saturated heterocycles. The molecule has 0 radical (unpaired) electrons. The topological polar surface area (TPSA) is 74.4 Å². The van der Waals surface area contributed by atoms with E-state index in [-0.39, 0.29) is 18.4 Å². The maximum absolute atomic E-state index is 12.9. The van der Waals surface area contributed by atoms with Crippen LogP contribution < -0.4 is 10.1 Å². The average Bonchev–Trinajstić information content (AvgIpc) is 3.10. The number of rotatable bonds is 5. The van der Waals surface area contributed by atoms with Gasteiger partial charge in [-0.15, -0.1) is 0 Å². The molecule has 0 saturated carbocycles. The zero-order valence-corrected chi connectivity index (χ0v) is 17.6. The molecule has 6 heteroatoms. The number of carbonyl (C=O) groups is 2. The third-order valence-corrected chi connectivity index (χ3v) is 5.78. The minimum atomic E-state index is -0.245. The molecule has 3 aromatic rings. The number of hydrogen-bond acceptors (Lipinski definition) is 3. The zero-order chi connectivity index (χ0) is 21.3. The lowest BCUT2D eigenvalue weighted by atomic mass is 9.87. The van der Waals surface area contributed by atoms with E-state index in [4.69, 9.17) is 4.74 Å². The van der Waals surface area contributed by atoms with Gasteiger partial charge in [0.2, 0.25) is 5.91 Å². The second-order valence-electron chi connectivity index (χ2n) is 8.13. The summed E-state index contributed by atoms with van der Waals surface area (Å²) in [5, 5.41) is 3.93. The molecule has 2 aromatic carbocycles. The molecule has 1 aromatic heterocycles. The number of hydrogen-bond donors (Lipinski definition) is 2. The SMILES string of the molecule is COc1ccc(NC(=O)CN(C)C(=O)c2ccc3[nH]c4c(c3c2)C[C@@H](C)CC4)cc1. The Bertz CT molecular complexity index is 1090. The van der Waals surface area contributed by atoms with Crippen LogP contribution in [0.15, 0.2) is 42.5 Å². The van der Waals surface area contributed by atoms with E-state index in [1.807, 2.05) is 18.2 Å². The van der Waals surface area contributed by atoms with Crippen molar-refractivity contribution in [3.63, 3.8) is 0 Å². The molecule has 0 bridgehead atoms. The minimum absolute atomic E-state index is 0.0226. The number of anilines is 1. The van der Waals surface area contributed by atoms with Gasteiger partial charge in [0.05, 0.1) is 13.7 Å². The first-order valence-electron chi connectivity index (χ1n) is 10.3. The van der Waals surface area contributed by atoms with Crippen molar-refractivity contribution in [2.24, 2.45) is 5.92 Å². The van der Waals surface area contributed by atoms with Gasteiger partial charge in [0.1, 0.15) is 5.75 Å². The van der Waals surface area contributed by atoms with Gasteiger partial charge in [-0.3, -0.25) is 9.59 Å². The van der Waals surface area contributed by atoms with Gasteiger partial charge in [-0.25, -0.2) is 0 Å². The second kappa shape index (κ2) is 8.22. The van der Waals surface area contributed by atoms with Crippen LogP contribution >= 0.6 is 0 Å². The summed E-state index contributed by atoms with van der Waals surface area (Å²) < 4.78 is 5.12. The molecule has 1 heterocycles. The third-order valence-electron chi connectivity index (χ3n) is 5.78. The first kappa shape index (κ1) is 20.0. The van der Waals surface area contributed by atoms with E-state index < -0.39 is 0 Å². The number of methoxy groups -OCH3 is 1. The fourth-order valence-corrected chi connectivity index (χ4v) is 4.11. The number of aryl methyl sites for hydroxylation is 1. The molecule has 1 aliphatic carbocycles. The first-order chi connectivity index (χ1) is 14.4. The smallest absolute Gasteiger partial charge is 0.254 e. The van der Waals surface area contributed by atoms with Crippen LogP contribution in [-0.4, -0.2) is 42.4 Å². The van der Waals surface area contributed by atoms with Crippen LogP contribution in [0.4, 0.5) is 5.69 Å². The van der Waals surface area contributed by atoms with Crippen molar-refractivity contribution in [2.75, 3.05) is 26.0 Å². The zero-order valence-electron chi connectivity index (χ0n) is 17.6. The predicted molar refractivity (Wildman–Crippen MR) is 118 cm³/mol. The highest BCUT2D eigenvalue weighted by molar-refractivity contribution is 6.01. The molecule has 1 aliphatic rings. The molecule has 2 N–H and O–H groups in total. The molecular formula is C24H27N3O3. The van der Waals surface area contributed by atoms with Gasteiger partial charge in [-0.05, 0) is 73.2 Å². The Hall–Kier alpha value is -3.28. The number of carbonyl (C=O) groups excluding carboxylic acids is 2. The highest BCUT2D eigenvalue weighted by Gasteiger charge is 2.21. The van der Waals surface area contributed by atoms with Gasteiger partial charge >= 0.3 is 0 Å². The Balaban J connectivity index is 1.45. The summed E-state index contributed by atoms with van der Waals surface area (Å²) in [6, 6.07) is 12.8. The molecule has 6 nitrogen and oxygen atoms in total. The summed E-state index contributed by atoms with van der Waals surface area (Å²) in [4.78, 5) is 30.3. The monoisotopic (exact) mass is 405 g/mol. The molecule has 1 atom stereocenters. The summed E-state index contributed by atoms with van der Waals surface area (Å²) in [5.74, 6) is 0.961. The van der Waals surface area contributed by atoms with E-state index >= 15 is 0 Å². The fraction of sp³-hybridized carbons (Fsp3) is 0.333. The predicted octanol–water partition coefficient (Wildman–Crippen LogP) is 4.01. The number of amides is 2. The second-order valence-corrected chi connectivity index (χ2v) is 8.13. The normalized spacial score (nSPS) is 15.5. The third kappa shape index (κ3) is 4.03. The highest BCUT2D eigenvalue weighted by atomic mass is 16.5. The van der Waals surface area contributed by atoms with Crippen LogP contribution in [0.3, 0.4) is 0 Å². The summed E-state index contributed by atoms with van der Waals surface area (Å²) in [7, 11) is 3.24. The Morgan fingerprint density at radius 3 is 2.70 bits per heavy atom. The van der Waals surface area contributed by atoms with Gasteiger partial charge in [0.15, 0.2) is 0 Å². The standard InChI is InChI=1S/C24H27N3O3/c1-15-4-10-21-19(12-15)20-13-16(5-11-22(20)26-21)24(29)27(2)14-23(28)25-17-6-8-18(30-3)9-7-17/h5-9,11,13,15,26H,4,10,12,14H2,1-3H3,(H,25,28)/t15-/m0/s1. The number of fused-ring (bicyclic) bond motifs is 3. The molecule has 0 aliphatic heterocycles. The largest absolute Gasteiger partial charge is 0.497 e. The van der Waals surface area contributed by atoms with E-state index in [0.29, 0.717) is 17.2 Å². The van der Waals surface area contributed by atoms with E-state index in [1.54, 1.807) is 38.4 Å². The molecule has 0 fully saturated rings. The Kier molecular flexibility index (Phi) is 5.48. The van der Waals surface area contributed by atoms with Gasteiger partial charge in [0, 0.05) is 34.9 Å². The number of likely N-dealkylation sites (N-methyl/N-ethyl adjacent to an activating group) is 1. The molecule has 2 amide bonds. The number of aromatic nitrogens is 1. The van der Waals surface area contributed by atoms with Crippen LogP contribution in [0.25, 0.3) is 10.9 Å². The number of aromatic amines is 1. The number of ether oxygens (including phenoxy) is 1. The summed E-state index contributed by atoms with van der Waals surface area (Å²) >= 11 is 0. The molecule has 4 rings (SSSR count). The minimum Gasteiger partial charge on any atom is -0.497 e. The Labute approximate surface area is 176 Å². The van der Waals surface area contributed by atoms with Crippen LogP contribution in [0.2, 0.25) is 0 Å². The van der Waals surface area contributed by atoms with Crippen molar-refractivity contribution >= 4 is 28.4 Å². The van der Waals surface area contributed by atoms with Gasteiger partial charge in [0.25, 0.3) is 5.91 Å². The number of nitrogens with zero attached hydrogens (tertiary/aromatic N) is 1. The molecule has 156 valence electrons. The Morgan fingerprint density at radius 2 is 1.97 bits per heavy atom. The van der Waals surface area contributed by atoms with Gasteiger partial charge < -0.3 is 19.9 Å². The van der Waals surface area contributed by atoms with Gasteiger partial charge in [-0.1, -0.05) is 6.92 Å². The van der Waals surface area contributed by atoms with Crippen LogP contribution in [-0.2, 0) is 17.6 Å². The van der Waals surface area contributed by atoms with Crippen molar-refractivity contribution in [2.45, 2.75) is 26.2 Å². The molecule has 0 spiro atoms. The molecule has 30 heavy (non-hydrogen) atoms. The lowest BCUT2D eigenvalue weighted by Gasteiger charge is -2.19. The number of nitrogens with one attached hydrogen (secondary N) is 2. The van der Waals surface area contributed by atoms with Crippen molar-refractivity contribution in [3.8, 4) is 5.75 Å². The van der Waals surface area contributed by atoms with Crippen molar-refractivity contribution in [3.05, 3.63) is 59.3 Å². The summed E-state index contributed by atoms with van der Waals surface area (Å²) in [6.07, 6.45) is 3.28. The van der Waals surface area contributed by atoms with Crippen molar-refractivity contribution < 1.29 is 14.3 Å². The summed E-state index contributed by atoms with van der Waals surface area (Å²) in [6.45, 7) is 2.25. The van der Waals surface area contributed by atoms with Crippen LogP contribution in [0, 0.1) is 5.92 Å². The molecular weight excluding hydrogens is 378 g/mol. The number of H-pyrrole nitrogens is 1. The van der Waals surface area contributed by atoms with E-state index in [9.17, 15) is 9.59 Å². The quantitative estimate of drug-likeness (QED) is 0.673. The van der Waals surface area contributed by atoms with Crippen molar-refractivity contribution in [1.29, 1.82) is 0 Å². The highest BCUT2D eigenvalue weighted by Crippen LogP contribution is 2.32. The lowest BCUT2D eigenvalue weighted by molar-refractivity contribution is -0.116. The van der Waals surface area contributed by atoms with Crippen LogP contribution in [0.1, 0.15) is 35.0 Å². The first-order valence-corrected chi connectivity index (χ1v) is 10.3. The summed E-state index contributed by atoms with van der Waals surface area (Å²) in [5.41, 5.74) is 4.96.